The Bertz CT molecular complexity index is 829. The van der Waals surface area contributed by atoms with E-state index in [1.165, 1.54) is 5.56 Å². The fourth-order valence-corrected chi connectivity index (χ4v) is 3.03. The number of hydrogen-bond donors (Lipinski definition) is 0. The summed E-state index contributed by atoms with van der Waals surface area (Å²) < 4.78 is 7.28. The van der Waals surface area contributed by atoms with Crippen LogP contribution in [0.15, 0.2) is 41.3 Å². The molecule has 2 aromatic heterocycles. The first kappa shape index (κ1) is 16.0. The van der Waals surface area contributed by atoms with Gasteiger partial charge in [-0.3, -0.25) is 4.90 Å². The molecule has 0 unspecified atom stereocenters. The summed E-state index contributed by atoms with van der Waals surface area (Å²) in [5.74, 6) is 1.08. The molecule has 4 rings (SSSR count). The molecule has 7 heteroatoms. The molecule has 130 valence electrons. The van der Waals surface area contributed by atoms with Crippen LogP contribution in [0.3, 0.4) is 0 Å². The number of aromatic nitrogens is 4. The van der Waals surface area contributed by atoms with Crippen molar-refractivity contribution in [1.29, 1.82) is 0 Å². The number of imidazole rings is 1. The summed E-state index contributed by atoms with van der Waals surface area (Å²) in [5.41, 5.74) is 3.07. The third-order valence-corrected chi connectivity index (χ3v) is 4.67. The van der Waals surface area contributed by atoms with Crippen LogP contribution in [0.25, 0.3) is 23.0 Å². The van der Waals surface area contributed by atoms with Gasteiger partial charge in [-0.2, -0.15) is 4.98 Å². The van der Waals surface area contributed by atoms with Crippen LogP contribution in [0.4, 0.5) is 0 Å². The topological polar surface area (TPSA) is 63.2 Å². The Morgan fingerprint density at radius 2 is 1.80 bits per heavy atom. The molecule has 1 saturated heterocycles. The van der Waals surface area contributed by atoms with Gasteiger partial charge in [-0.25, -0.2) is 4.98 Å². The Labute approximate surface area is 146 Å². The van der Waals surface area contributed by atoms with Crippen molar-refractivity contribution < 1.29 is 4.52 Å². The molecule has 0 aliphatic carbocycles. The standard InChI is InChI=1S/C18H22N6O/c1-22-7-9-24(10-8-22)12-14-3-5-15(6-4-14)18-20-17(21-25-18)16-11-19-13-23(16)2/h3-6,11,13H,7-10,12H2,1-2H3. The maximum absolute atomic E-state index is 5.41. The van der Waals surface area contributed by atoms with Gasteiger partial charge in [0.05, 0.1) is 12.5 Å². The summed E-state index contributed by atoms with van der Waals surface area (Å²) in [4.78, 5) is 13.4. The quantitative estimate of drug-likeness (QED) is 0.724. The molecule has 1 aromatic carbocycles. The fraction of sp³-hybridized carbons (Fsp3) is 0.389. The van der Waals surface area contributed by atoms with Crippen LogP contribution in [0.1, 0.15) is 5.56 Å². The molecule has 3 aromatic rings. The minimum Gasteiger partial charge on any atom is -0.334 e. The van der Waals surface area contributed by atoms with Crippen molar-refractivity contribution in [2.24, 2.45) is 7.05 Å². The molecule has 0 bridgehead atoms. The smallest absolute Gasteiger partial charge is 0.258 e. The van der Waals surface area contributed by atoms with Crippen LogP contribution < -0.4 is 0 Å². The second-order valence-electron chi connectivity index (χ2n) is 6.59. The van der Waals surface area contributed by atoms with Crippen molar-refractivity contribution in [3.05, 3.63) is 42.4 Å². The molecule has 25 heavy (non-hydrogen) atoms. The maximum atomic E-state index is 5.41. The maximum Gasteiger partial charge on any atom is 0.258 e. The zero-order valence-corrected chi connectivity index (χ0v) is 14.6. The van der Waals surface area contributed by atoms with E-state index in [1.54, 1.807) is 12.5 Å². The second-order valence-corrected chi connectivity index (χ2v) is 6.59. The molecule has 1 fully saturated rings. The molecule has 3 heterocycles. The van der Waals surface area contributed by atoms with E-state index in [9.17, 15) is 0 Å². The van der Waals surface area contributed by atoms with Crippen molar-refractivity contribution >= 4 is 0 Å². The van der Waals surface area contributed by atoms with Gasteiger partial charge in [-0.1, -0.05) is 17.3 Å². The van der Waals surface area contributed by atoms with Crippen LogP contribution in [-0.2, 0) is 13.6 Å². The van der Waals surface area contributed by atoms with Crippen molar-refractivity contribution in [3.8, 4) is 23.0 Å². The van der Waals surface area contributed by atoms with Crippen LogP contribution >= 0.6 is 0 Å². The van der Waals surface area contributed by atoms with Gasteiger partial charge in [0, 0.05) is 45.3 Å². The highest BCUT2D eigenvalue weighted by atomic mass is 16.5. The van der Waals surface area contributed by atoms with E-state index in [0.29, 0.717) is 11.7 Å². The number of likely N-dealkylation sites (N-methyl/N-ethyl adjacent to an activating group) is 1. The number of piperazine rings is 1. The number of rotatable bonds is 4. The Kier molecular flexibility index (Phi) is 4.33. The molecule has 0 atom stereocenters. The van der Waals surface area contributed by atoms with Gasteiger partial charge in [-0.15, -0.1) is 0 Å². The van der Waals surface area contributed by atoms with Gasteiger partial charge in [0.1, 0.15) is 5.69 Å². The molecular weight excluding hydrogens is 316 g/mol. The van der Waals surface area contributed by atoms with E-state index in [4.69, 9.17) is 4.52 Å². The summed E-state index contributed by atoms with van der Waals surface area (Å²) in [7, 11) is 4.09. The fourth-order valence-electron chi connectivity index (χ4n) is 3.03. The highest BCUT2D eigenvalue weighted by Crippen LogP contribution is 2.22. The monoisotopic (exact) mass is 338 g/mol. The van der Waals surface area contributed by atoms with Gasteiger partial charge in [0.25, 0.3) is 5.89 Å². The third kappa shape index (κ3) is 3.47. The number of hydrogen-bond acceptors (Lipinski definition) is 6. The summed E-state index contributed by atoms with van der Waals surface area (Å²) in [6.07, 6.45) is 3.45. The molecule has 1 aliphatic heterocycles. The SMILES string of the molecule is CN1CCN(Cc2ccc(-c3nc(-c4cncn4C)no3)cc2)CC1. The summed E-state index contributed by atoms with van der Waals surface area (Å²) >= 11 is 0. The first-order chi connectivity index (χ1) is 12.2. The lowest BCUT2D eigenvalue weighted by molar-refractivity contribution is 0.148. The summed E-state index contributed by atoms with van der Waals surface area (Å²) in [6.45, 7) is 5.50. The molecule has 1 aliphatic rings. The zero-order chi connectivity index (χ0) is 17.2. The van der Waals surface area contributed by atoms with Crippen LogP contribution in [0.2, 0.25) is 0 Å². The molecule has 0 saturated carbocycles. The number of benzene rings is 1. The Morgan fingerprint density at radius 3 is 2.48 bits per heavy atom. The minimum absolute atomic E-state index is 0.530. The van der Waals surface area contributed by atoms with E-state index >= 15 is 0 Å². The van der Waals surface area contributed by atoms with E-state index in [1.807, 2.05) is 23.7 Å². The first-order valence-corrected chi connectivity index (χ1v) is 8.49. The van der Waals surface area contributed by atoms with Gasteiger partial charge in [0.15, 0.2) is 0 Å². The average Bonchev–Trinajstić information content (AvgIpc) is 3.26. The van der Waals surface area contributed by atoms with Crippen LogP contribution in [-0.4, -0.2) is 62.7 Å². The van der Waals surface area contributed by atoms with Crippen molar-refractivity contribution in [2.45, 2.75) is 6.54 Å². The molecular formula is C18H22N6O. The second kappa shape index (κ2) is 6.78. The number of aryl methyl sites for hydroxylation is 1. The predicted octanol–water partition coefficient (Wildman–Crippen LogP) is 1.88. The lowest BCUT2D eigenvalue weighted by Gasteiger charge is -2.32. The van der Waals surface area contributed by atoms with Gasteiger partial charge in [0.2, 0.25) is 5.82 Å². The average molecular weight is 338 g/mol. The van der Waals surface area contributed by atoms with E-state index < -0.39 is 0 Å². The van der Waals surface area contributed by atoms with E-state index in [-0.39, 0.29) is 0 Å². The Balaban J connectivity index is 1.45. The molecule has 7 nitrogen and oxygen atoms in total. The third-order valence-electron chi connectivity index (χ3n) is 4.67. The van der Waals surface area contributed by atoms with Gasteiger partial charge < -0.3 is 14.0 Å². The predicted molar refractivity (Wildman–Crippen MR) is 94.7 cm³/mol. The minimum atomic E-state index is 0.530. The molecule has 0 amide bonds. The number of nitrogens with zero attached hydrogens (tertiary/aromatic N) is 6. The zero-order valence-electron chi connectivity index (χ0n) is 14.6. The summed E-state index contributed by atoms with van der Waals surface area (Å²) in [5, 5.41) is 4.06. The Hall–Kier alpha value is -2.51. The normalized spacial score (nSPS) is 16.4. The van der Waals surface area contributed by atoms with Crippen LogP contribution in [0, 0.1) is 0 Å². The van der Waals surface area contributed by atoms with Gasteiger partial charge >= 0.3 is 0 Å². The van der Waals surface area contributed by atoms with Crippen molar-refractivity contribution in [2.75, 3.05) is 33.2 Å². The van der Waals surface area contributed by atoms with Gasteiger partial charge in [-0.05, 0) is 24.7 Å². The highest BCUT2D eigenvalue weighted by molar-refractivity contribution is 5.57. The largest absolute Gasteiger partial charge is 0.334 e. The lowest BCUT2D eigenvalue weighted by Crippen LogP contribution is -2.43. The molecule has 0 spiro atoms. The van der Waals surface area contributed by atoms with Crippen LogP contribution in [0.5, 0.6) is 0 Å². The molecule has 0 radical (unpaired) electrons. The highest BCUT2D eigenvalue weighted by Gasteiger charge is 2.15. The lowest BCUT2D eigenvalue weighted by atomic mass is 10.1. The molecule has 0 N–H and O–H groups in total. The summed E-state index contributed by atoms with van der Waals surface area (Å²) in [6, 6.07) is 8.38. The van der Waals surface area contributed by atoms with E-state index in [2.05, 4.69) is 44.1 Å². The van der Waals surface area contributed by atoms with Crippen molar-refractivity contribution in [1.82, 2.24) is 29.5 Å². The Morgan fingerprint density at radius 1 is 1.04 bits per heavy atom. The van der Waals surface area contributed by atoms with E-state index in [0.717, 1.165) is 44.0 Å². The van der Waals surface area contributed by atoms with Crippen molar-refractivity contribution in [3.63, 3.8) is 0 Å². The first-order valence-electron chi connectivity index (χ1n) is 8.49.